The van der Waals surface area contributed by atoms with Gasteiger partial charge in [-0.05, 0) is 38.2 Å². The first kappa shape index (κ1) is 20.4. The molecule has 0 saturated carbocycles. The second-order valence-electron chi connectivity index (χ2n) is 8.28. The van der Waals surface area contributed by atoms with E-state index in [1.165, 1.54) is 11.1 Å². The van der Waals surface area contributed by atoms with Gasteiger partial charge in [-0.3, -0.25) is 4.79 Å². The third-order valence-electron chi connectivity index (χ3n) is 6.42. The molecule has 7 heteroatoms. The Morgan fingerprint density at radius 2 is 1.70 bits per heavy atom. The SMILES string of the molecule is COc1cc(OC)nc(N2CCCC3(CCC(=O)N3Cc3ccc(C)cc3)CC2)n1. The predicted octanol–water partition coefficient (Wildman–Crippen LogP) is 3.35. The maximum absolute atomic E-state index is 12.8. The largest absolute Gasteiger partial charge is 0.481 e. The molecule has 1 spiro atoms. The molecule has 1 atom stereocenters. The fourth-order valence-corrected chi connectivity index (χ4v) is 4.65. The van der Waals surface area contributed by atoms with Crippen LogP contribution in [-0.2, 0) is 11.3 Å². The Hall–Kier alpha value is -2.83. The Bertz CT molecular complexity index is 880. The van der Waals surface area contributed by atoms with Crippen LogP contribution in [0.25, 0.3) is 0 Å². The normalized spacial score (nSPS) is 21.8. The molecule has 0 aliphatic carbocycles. The first-order valence-corrected chi connectivity index (χ1v) is 10.6. The van der Waals surface area contributed by atoms with Crippen molar-refractivity contribution in [2.75, 3.05) is 32.2 Å². The van der Waals surface area contributed by atoms with Crippen LogP contribution in [0.2, 0.25) is 0 Å². The molecule has 2 saturated heterocycles. The highest BCUT2D eigenvalue weighted by Gasteiger charge is 2.45. The van der Waals surface area contributed by atoms with Gasteiger partial charge in [-0.1, -0.05) is 29.8 Å². The van der Waals surface area contributed by atoms with Crippen molar-refractivity contribution in [2.45, 2.75) is 51.1 Å². The van der Waals surface area contributed by atoms with E-state index in [1.54, 1.807) is 20.3 Å². The van der Waals surface area contributed by atoms with E-state index in [0.717, 1.165) is 38.8 Å². The molecule has 2 aromatic rings. The average molecular weight is 411 g/mol. The maximum Gasteiger partial charge on any atom is 0.231 e. The van der Waals surface area contributed by atoms with Crippen LogP contribution in [0.1, 0.15) is 43.2 Å². The molecule has 160 valence electrons. The van der Waals surface area contributed by atoms with Gasteiger partial charge in [0.15, 0.2) is 0 Å². The number of aryl methyl sites for hydroxylation is 1. The highest BCUT2D eigenvalue weighted by molar-refractivity contribution is 5.79. The molecule has 0 N–H and O–H groups in total. The number of hydrogen-bond acceptors (Lipinski definition) is 6. The summed E-state index contributed by atoms with van der Waals surface area (Å²) in [4.78, 5) is 26.2. The van der Waals surface area contributed by atoms with Gasteiger partial charge < -0.3 is 19.3 Å². The molecule has 30 heavy (non-hydrogen) atoms. The molecule has 7 nitrogen and oxygen atoms in total. The second kappa shape index (κ2) is 8.50. The van der Waals surface area contributed by atoms with Gasteiger partial charge in [0.2, 0.25) is 23.6 Å². The fraction of sp³-hybridized carbons (Fsp3) is 0.522. The molecule has 1 aromatic carbocycles. The van der Waals surface area contributed by atoms with Crippen LogP contribution in [0.4, 0.5) is 5.95 Å². The van der Waals surface area contributed by atoms with Gasteiger partial charge in [-0.25, -0.2) is 0 Å². The summed E-state index contributed by atoms with van der Waals surface area (Å²) in [6.07, 6.45) is 4.46. The van der Waals surface area contributed by atoms with E-state index >= 15 is 0 Å². The van der Waals surface area contributed by atoms with Crippen LogP contribution in [0.3, 0.4) is 0 Å². The Balaban J connectivity index is 1.53. The minimum Gasteiger partial charge on any atom is -0.481 e. The zero-order valence-electron chi connectivity index (χ0n) is 18.1. The Labute approximate surface area is 178 Å². The fourth-order valence-electron chi connectivity index (χ4n) is 4.65. The van der Waals surface area contributed by atoms with Gasteiger partial charge in [-0.15, -0.1) is 0 Å². The molecule has 1 aromatic heterocycles. The van der Waals surface area contributed by atoms with Crippen molar-refractivity contribution in [1.82, 2.24) is 14.9 Å². The quantitative estimate of drug-likeness (QED) is 0.753. The number of carbonyl (C=O) groups excluding carboxylic acids is 1. The van der Waals surface area contributed by atoms with Crippen molar-refractivity contribution in [3.8, 4) is 11.8 Å². The summed E-state index contributed by atoms with van der Waals surface area (Å²) in [5, 5.41) is 0. The molecule has 4 rings (SSSR count). The molecule has 0 bridgehead atoms. The van der Waals surface area contributed by atoms with Crippen molar-refractivity contribution < 1.29 is 14.3 Å². The summed E-state index contributed by atoms with van der Waals surface area (Å²) in [6, 6.07) is 10.2. The van der Waals surface area contributed by atoms with Gasteiger partial charge in [-0.2, -0.15) is 9.97 Å². The minimum absolute atomic E-state index is 0.0837. The predicted molar refractivity (Wildman–Crippen MR) is 115 cm³/mol. The van der Waals surface area contributed by atoms with E-state index in [0.29, 0.717) is 30.7 Å². The lowest BCUT2D eigenvalue weighted by molar-refractivity contribution is -0.132. The van der Waals surface area contributed by atoms with Gasteiger partial charge in [0.05, 0.1) is 20.3 Å². The number of nitrogens with zero attached hydrogens (tertiary/aromatic N) is 4. The third kappa shape index (κ3) is 4.06. The Morgan fingerprint density at radius 1 is 1.00 bits per heavy atom. The van der Waals surface area contributed by atoms with E-state index in [9.17, 15) is 4.79 Å². The van der Waals surface area contributed by atoms with E-state index in [-0.39, 0.29) is 11.4 Å². The molecule has 1 unspecified atom stereocenters. The monoisotopic (exact) mass is 410 g/mol. The molecule has 0 radical (unpaired) electrons. The number of ether oxygens (including phenoxy) is 2. The van der Waals surface area contributed by atoms with Gasteiger partial charge >= 0.3 is 0 Å². The van der Waals surface area contributed by atoms with E-state index in [1.807, 2.05) is 0 Å². The molecule has 2 fully saturated rings. The smallest absolute Gasteiger partial charge is 0.231 e. The number of benzene rings is 1. The number of hydrogen-bond donors (Lipinski definition) is 0. The van der Waals surface area contributed by atoms with Gasteiger partial charge in [0.1, 0.15) is 0 Å². The van der Waals surface area contributed by atoms with Crippen molar-refractivity contribution >= 4 is 11.9 Å². The van der Waals surface area contributed by atoms with Crippen LogP contribution >= 0.6 is 0 Å². The van der Waals surface area contributed by atoms with Crippen molar-refractivity contribution in [1.29, 1.82) is 0 Å². The summed E-state index contributed by atoms with van der Waals surface area (Å²) in [7, 11) is 3.19. The van der Waals surface area contributed by atoms with Crippen molar-refractivity contribution in [3.05, 3.63) is 41.5 Å². The summed E-state index contributed by atoms with van der Waals surface area (Å²) in [5.41, 5.74) is 2.34. The highest BCUT2D eigenvalue weighted by atomic mass is 16.5. The summed E-state index contributed by atoms with van der Waals surface area (Å²) >= 11 is 0. The lowest BCUT2D eigenvalue weighted by Crippen LogP contribution is -2.46. The second-order valence-corrected chi connectivity index (χ2v) is 8.28. The summed E-state index contributed by atoms with van der Waals surface area (Å²) < 4.78 is 10.6. The zero-order valence-corrected chi connectivity index (χ0v) is 18.1. The number of carbonyl (C=O) groups is 1. The minimum atomic E-state index is -0.0837. The molecule has 2 aliphatic heterocycles. The number of methoxy groups -OCH3 is 2. The third-order valence-corrected chi connectivity index (χ3v) is 6.42. The first-order chi connectivity index (χ1) is 14.5. The lowest BCUT2D eigenvalue weighted by atomic mass is 9.87. The first-order valence-electron chi connectivity index (χ1n) is 10.6. The van der Waals surface area contributed by atoms with Crippen LogP contribution in [0.15, 0.2) is 30.3 Å². The number of likely N-dealkylation sites (tertiary alicyclic amines) is 1. The topological polar surface area (TPSA) is 67.8 Å². The van der Waals surface area contributed by atoms with E-state index in [4.69, 9.17) is 9.47 Å². The Morgan fingerprint density at radius 3 is 2.37 bits per heavy atom. The van der Waals surface area contributed by atoms with Crippen LogP contribution in [0.5, 0.6) is 11.8 Å². The standard InChI is InChI=1S/C23H30N4O3/c1-17-5-7-18(8-6-17)16-27-21(28)9-11-23(27)10-4-13-26(14-12-23)22-24-19(29-2)15-20(25-22)30-3/h5-8,15H,4,9-14,16H2,1-3H3. The van der Waals surface area contributed by atoms with E-state index in [2.05, 4.69) is 51.0 Å². The van der Waals surface area contributed by atoms with Gasteiger partial charge in [0.25, 0.3) is 0 Å². The van der Waals surface area contributed by atoms with Crippen LogP contribution in [-0.4, -0.2) is 53.6 Å². The molecule has 2 aliphatic rings. The zero-order chi connectivity index (χ0) is 21.1. The highest BCUT2D eigenvalue weighted by Crippen LogP contribution is 2.40. The van der Waals surface area contributed by atoms with Crippen LogP contribution < -0.4 is 14.4 Å². The molecular formula is C23H30N4O3. The number of rotatable bonds is 5. The summed E-state index contributed by atoms with van der Waals surface area (Å²) in [5.74, 6) is 1.88. The maximum atomic E-state index is 12.8. The lowest BCUT2D eigenvalue weighted by Gasteiger charge is -2.38. The number of amides is 1. The number of aromatic nitrogens is 2. The van der Waals surface area contributed by atoms with Gasteiger partial charge in [0, 0.05) is 31.6 Å². The van der Waals surface area contributed by atoms with Crippen molar-refractivity contribution in [2.24, 2.45) is 0 Å². The Kier molecular flexibility index (Phi) is 5.79. The average Bonchev–Trinajstić information content (AvgIpc) is 2.93. The molecular weight excluding hydrogens is 380 g/mol. The molecule has 3 heterocycles. The van der Waals surface area contributed by atoms with E-state index < -0.39 is 0 Å². The van der Waals surface area contributed by atoms with Crippen molar-refractivity contribution in [3.63, 3.8) is 0 Å². The van der Waals surface area contributed by atoms with Crippen LogP contribution in [0, 0.1) is 6.92 Å². The molecule has 1 amide bonds. The summed E-state index contributed by atoms with van der Waals surface area (Å²) in [6.45, 7) is 4.42. The number of anilines is 1.